The van der Waals surface area contributed by atoms with Crippen LogP contribution in [0.4, 0.5) is 5.69 Å². The highest BCUT2D eigenvalue weighted by Gasteiger charge is 2.28. The number of amides is 1. The minimum absolute atomic E-state index is 0.274. The van der Waals surface area contributed by atoms with Gasteiger partial charge in [-0.25, -0.2) is 8.42 Å². The number of hydrogen-bond acceptors (Lipinski definition) is 5. The van der Waals surface area contributed by atoms with Crippen molar-refractivity contribution in [3.05, 3.63) is 18.2 Å². The number of ether oxygens (including phenoxy) is 2. The maximum absolute atomic E-state index is 11.9. The highest BCUT2D eigenvalue weighted by molar-refractivity contribution is 7.92. The van der Waals surface area contributed by atoms with E-state index in [0.29, 0.717) is 11.5 Å². The van der Waals surface area contributed by atoms with E-state index in [9.17, 15) is 13.2 Å². The molecule has 1 aromatic carbocycles. The molecule has 0 aliphatic heterocycles. The second-order valence-corrected chi connectivity index (χ2v) is 6.04. The number of carbonyl (C=O) groups is 1. The maximum Gasteiger partial charge on any atom is 0.241 e. The fraction of sp³-hybridized carbons (Fsp3) is 0.417. The predicted octanol–water partition coefficient (Wildman–Crippen LogP) is 0.344. The Bertz CT molecular complexity index is 600. The summed E-state index contributed by atoms with van der Waals surface area (Å²) in [7, 11) is -0.766. The lowest BCUT2D eigenvalue weighted by Gasteiger charge is -2.27. The molecule has 0 fully saturated rings. The monoisotopic (exact) mass is 302 g/mol. The van der Waals surface area contributed by atoms with Gasteiger partial charge < -0.3 is 15.2 Å². The van der Waals surface area contributed by atoms with Gasteiger partial charge in [-0.1, -0.05) is 0 Å². The molecule has 0 bridgehead atoms. The third-order valence-electron chi connectivity index (χ3n) is 2.74. The van der Waals surface area contributed by atoms with Gasteiger partial charge in [0, 0.05) is 6.07 Å². The Kier molecular flexibility index (Phi) is 4.83. The Balaban J connectivity index is 3.39. The van der Waals surface area contributed by atoms with Gasteiger partial charge in [-0.05, 0) is 19.1 Å². The summed E-state index contributed by atoms with van der Waals surface area (Å²) in [4.78, 5) is 11.3. The fourth-order valence-electron chi connectivity index (χ4n) is 1.78. The van der Waals surface area contributed by atoms with Gasteiger partial charge in [0.05, 0.1) is 26.2 Å². The zero-order valence-corrected chi connectivity index (χ0v) is 12.6. The molecule has 1 rings (SSSR count). The normalized spacial score (nSPS) is 12.6. The molecule has 20 heavy (non-hydrogen) atoms. The molecule has 1 amide bonds. The van der Waals surface area contributed by atoms with Crippen LogP contribution in [0.5, 0.6) is 11.5 Å². The van der Waals surface area contributed by atoms with Gasteiger partial charge >= 0.3 is 0 Å². The number of nitrogens with two attached hydrogens (primary N) is 1. The number of primary amides is 1. The lowest BCUT2D eigenvalue weighted by molar-refractivity contribution is -0.118. The van der Waals surface area contributed by atoms with E-state index in [1.54, 1.807) is 6.07 Å². The molecule has 1 atom stereocenters. The Hall–Kier alpha value is -1.96. The van der Waals surface area contributed by atoms with Crippen molar-refractivity contribution in [1.82, 2.24) is 0 Å². The number of anilines is 1. The summed E-state index contributed by atoms with van der Waals surface area (Å²) in [6.07, 6.45) is 1.00. The van der Waals surface area contributed by atoms with Gasteiger partial charge in [-0.3, -0.25) is 9.10 Å². The Morgan fingerprint density at radius 3 is 2.20 bits per heavy atom. The second kappa shape index (κ2) is 6.00. The van der Waals surface area contributed by atoms with Gasteiger partial charge in [0.1, 0.15) is 6.04 Å². The van der Waals surface area contributed by atoms with Crippen LogP contribution in [-0.4, -0.2) is 40.8 Å². The number of methoxy groups -OCH3 is 2. The first-order chi connectivity index (χ1) is 9.22. The molecule has 1 aromatic rings. The predicted molar refractivity (Wildman–Crippen MR) is 75.5 cm³/mol. The van der Waals surface area contributed by atoms with E-state index >= 15 is 0 Å². The zero-order valence-electron chi connectivity index (χ0n) is 11.8. The van der Waals surface area contributed by atoms with Gasteiger partial charge in [-0.15, -0.1) is 0 Å². The van der Waals surface area contributed by atoms with E-state index in [4.69, 9.17) is 15.2 Å². The highest BCUT2D eigenvalue weighted by Crippen LogP contribution is 2.33. The van der Waals surface area contributed by atoms with Crippen LogP contribution in [0.3, 0.4) is 0 Å². The number of carbonyl (C=O) groups excluding carboxylic acids is 1. The van der Waals surface area contributed by atoms with Crippen molar-refractivity contribution in [2.75, 3.05) is 24.8 Å². The van der Waals surface area contributed by atoms with Crippen LogP contribution in [-0.2, 0) is 14.8 Å². The average Bonchev–Trinajstić information content (AvgIpc) is 2.36. The minimum atomic E-state index is -3.67. The van der Waals surface area contributed by atoms with E-state index in [0.717, 1.165) is 10.6 Å². The van der Waals surface area contributed by atoms with Crippen molar-refractivity contribution in [2.24, 2.45) is 5.73 Å². The third kappa shape index (κ3) is 3.32. The second-order valence-electron chi connectivity index (χ2n) is 4.18. The first kappa shape index (κ1) is 16.1. The summed E-state index contributed by atoms with van der Waals surface area (Å²) in [6, 6.07) is 3.53. The summed E-state index contributed by atoms with van der Waals surface area (Å²) in [5.74, 6) is 0.0666. The molecule has 7 nitrogen and oxygen atoms in total. The molecule has 2 N–H and O–H groups in total. The summed E-state index contributed by atoms with van der Waals surface area (Å²) >= 11 is 0. The van der Waals surface area contributed by atoms with E-state index < -0.39 is 22.0 Å². The van der Waals surface area contributed by atoms with Crippen LogP contribution in [0.15, 0.2) is 18.2 Å². The van der Waals surface area contributed by atoms with Crippen molar-refractivity contribution in [2.45, 2.75) is 13.0 Å². The lowest BCUT2D eigenvalue weighted by Crippen LogP contribution is -2.45. The molecule has 0 aliphatic rings. The Morgan fingerprint density at radius 2 is 1.80 bits per heavy atom. The summed E-state index contributed by atoms with van der Waals surface area (Å²) in [5.41, 5.74) is 5.47. The largest absolute Gasteiger partial charge is 0.493 e. The van der Waals surface area contributed by atoms with Crippen LogP contribution in [0.25, 0.3) is 0 Å². The van der Waals surface area contributed by atoms with Crippen LogP contribution >= 0.6 is 0 Å². The van der Waals surface area contributed by atoms with Crippen molar-refractivity contribution in [3.63, 3.8) is 0 Å². The van der Waals surface area contributed by atoms with Gasteiger partial charge in [0.15, 0.2) is 11.5 Å². The lowest BCUT2D eigenvalue weighted by atomic mass is 10.2. The molecular formula is C12H18N2O5S. The quantitative estimate of drug-likeness (QED) is 0.817. The van der Waals surface area contributed by atoms with Crippen LogP contribution in [0.2, 0.25) is 0 Å². The van der Waals surface area contributed by atoms with E-state index in [2.05, 4.69) is 0 Å². The SMILES string of the molecule is COc1ccc(N([C@@H](C)C(N)=O)S(C)(=O)=O)cc1OC. The van der Waals surface area contributed by atoms with Crippen LogP contribution < -0.4 is 19.5 Å². The number of rotatable bonds is 6. The molecule has 0 unspecified atom stereocenters. The molecule has 0 radical (unpaired) electrons. The van der Waals surface area contributed by atoms with E-state index in [1.807, 2.05) is 0 Å². The first-order valence-corrected chi connectivity index (χ1v) is 7.58. The Morgan fingerprint density at radius 1 is 1.25 bits per heavy atom. The van der Waals surface area contributed by atoms with Crippen molar-refractivity contribution < 1.29 is 22.7 Å². The highest BCUT2D eigenvalue weighted by atomic mass is 32.2. The molecular weight excluding hydrogens is 284 g/mol. The van der Waals surface area contributed by atoms with E-state index in [1.165, 1.54) is 33.3 Å². The first-order valence-electron chi connectivity index (χ1n) is 5.73. The number of sulfonamides is 1. The number of hydrogen-bond donors (Lipinski definition) is 1. The average molecular weight is 302 g/mol. The molecule has 8 heteroatoms. The van der Waals surface area contributed by atoms with Crippen LogP contribution in [0.1, 0.15) is 6.92 Å². The van der Waals surface area contributed by atoms with Crippen molar-refractivity contribution in [1.29, 1.82) is 0 Å². The van der Waals surface area contributed by atoms with Crippen LogP contribution in [0, 0.1) is 0 Å². The molecule has 0 heterocycles. The van der Waals surface area contributed by atoms with Gasteiger partial charge in [0.2, 0.25) is 15.9 Å². The molecule has 0 aliphatic carbocycles. The smallest absolute Gasteiger partial charge is 0.241 e. The van der Waals surface area contributed by atoms with Gasteiger partial charge in [-0.2, -0.15) is 0 Å². The topological polar surface area (TPSA) is 98.9 Å². The van der Waals surface area contributed by atoms with E-state index in [-0.39, 0.29) is 5.69 Å². The number of benzene rings is 1. The van der Waals surface area contributed by atoms with Gasteiger partial charge in [0.25, 0.3) is 0 Å². The molecule has 0 aromatic heterocycles. The van der Waals surface area contributed by atoms with Crippen molar-refractivity contribution in [3.8, 4) is 11.5 Å². The Labute approximate surface area is 118 Å². The standard InChI is InChI=1S/C12H18N2O5S/c1-8(12(13)15)14(20(4,16)17)9-5-6-10(18-2)11(7-9)19-3/h5-8H,1-4H3,(H2,13,15)/t8-/m0/s1. The molecule has 112 valence electrons. The molecule has 0 saturated carbocycles. The van der Waals surface area contributed by atoms with Crippen molar-refractivity contribution >= 4 is 21.6 Å². The fourth-order valence-corrected chi connectivity index (χ4v) is 2.95. The third-order valence-corrected chi connectivity index (χ3v) is 3.98. The summed E-state index contributed by atoms with van der Waals surface area (Å²) < 4.78 is 34.9. The summed E-state index contributed by atoms with van der Waals surface area (Å²) in [5, 5.41) is 0. The molecule has 0 spiro atoms. The molecule has 0 saturated heterocycles. The maximum atomic E-state index is 11.9. The zero-order chi connectivity index (χ0) is 15.5. The minimum Gasteiger partial charge on any atom is -0.493 e. The summed E-state index contributed by atoms with van der Waals surface area (Å²) in [6.45, 7) is 1.42. The number of nitrogens with zero attached hydrogens (tertiary/aromatic N) is 1.